The second-order valence-electron chi connectivity index (χ2n) is 4.52. The third-order valence-electron chi connectivity index (χ3n) is 2.95. The molecule has 0 aliphatic heterocycles. The van der Waals surface area contributed by atoms with Crippen LogP contribution in [0.1, 0.15) is 44.1 Å². The smallest absolute Gasteiger partial charge is 0.122 e. The summed E-state index contributed by atoms with van der Waals surface area (Å²) in [4.78, 5) is 0. The first-order chi connectivity index (χ1) is 8.34. The van der Waals surface area contributed by atoms with Crippen LogP contribution < -0.4 is 10.5 Å². The van der Waals surface area contributed by atoms with Crippen molar-refractivity contribution >= 4 is 0 Å². The van der Waals surface area contributed by atoms with Gasteiger partial charge in [-0.15, -0.1) is 0 Å². The van der Waals surface area contributed by atoms with E-state index in [1.807, 2.05) is 18.2 Å². The van der Waals surface area contributed by atoms with E-state index in [0.717, 1.165) is 25.3 Å². The Morgan fingerprint density at radius 3 is 2.29 bits per heavy atom. The summed E-state index contributed by atoms with van der Waals surface area (Å²) in [5, 5.41) is 0. The lowest BCUT2D eigenvalue weighted by molar-refractivity contribution is 0.302. The molecule has 0 aliphatic rings. The zero-order valence-corrected chi connectivity index (χ0v) is 11.0. The minimum Gasteiger partial charge on any atom is -0.493 e. The highest BCUT2D eigenvalue weighted by Gasteiger charge is 1.97. The second-order valence-corrected chi connectivity index (χ2v) is 4.52. The Hall–Kier alpha value is -1.02. The fraction of sp³-hybridized carbons (Fsp3) is 0.600. The Balaban J connectivity index is 1.99. The molecule has 1 aromatic rings. The van der Waals surface area contributed by atoms with Crippen LogP contribution in [0.5, 0.6) is 5.75 Å². The zero-order valence-electron chi connectivity index (χ0n) is 11.0. The molecule has 2 N–H and O–H groups in total. The van der Waals surface area contributed by atoms with Crippen molar-refractivity contribution in [2.45, 2.75) is 45.4 Å². The molecule has 0 atom stereocenters. The molecule has 0 fully saturated rings. The Morgan fingerprint density at radius 2 is 1.59 bits per heavy atom. The summed E-state index contributed by atoms with van der Waals surface area (Å²) in [6.07, 6.45) is 7.46. The van der Waals surface area contributed by atoms with Gasteiger partial charge < -0.3 is 10.5 Å². The van der Waals surface area contributed by atoms with E-state index in [4.69, 9.17) is 10.5 Å². The molecule has 0 radical (unpaired) electrons. The largest absolute Gasteiger partial charge is 0.493 e. The fourth-order valence-corrected chi connectivity index (χ4v) is 1.85. The normalized spacial score (nSPS) is 10.5. The summed E-state index contributed by atoms with van der Waals surface area (Å²) in [5.41, 5.74) is 6.67. The molecule has 0 amide bonds. The first kappa shape index (κ1) is 14.0. The van der Waals surface area contributed by atoms with Crippen LogP contribution in [0.25, 0.3) is 0 Å². The Morgan fingerprint density at radius 1 is 0.941 bits per heavy atom. The Labute approximate surface area is 105 Å². The van der Waals surface area contributed by atoms with Crippen molar-refractivity contribution in [1.29, 1.82) is 0 Å². The van der Waals surface area contributed by atoms with Gasteiger partial charge >= 0.3 is 0 Å². The molecule has 0 saturated carbocycles. The lowest BCUT2D eigenvalue weighted by Crippen LogP contribution is -1.99. The van der Waals surface area contributed by atoms with E-state index in [9.17, 15) is 0 Å². The molecule has 0 heterocycles. The molecule has 0 spiro atoms. The molecule has 2 nitrogen and oxygen atoms in total. The lowest BCUT2D eigenvalue weighted by Gasteiger charge is -2.08. The molecule has 1 rings (SSSR count). The number of nitrogens with two attached hydrogens (primary N) is 1. The van der Waals surface area contributed by atoms with Crippen LogP contribution in [0.4, 0.5) is 0 Å². The van der Waals surface area contributed by atoms with Gasteiger partial charge in [-0.3, -0.25) is 0 Å². The van der Waals surface area contributed by atoms with Crippen LogP contribution in [0.15, 0.2) is 24.3 Å². The van der Waals surface area contributed by atoms with Gasteiger partial charge in [-0.25, -0.2) is 0 Å². The van der Waals surface area contributed by atoms with Crippen molar-refractivity contribution in [3.8, 4) is 5.75 Å². The minimum atomic E-state index is 0.830. The van der Waals surface area contributed by atoms with Crippen molar-refractivity contribution in [2.24, 2.45) is 5.73 Å². The van der Waals surface area contributed by atoms with E-state index >= 15 is 0 Å². The third kappa shape index (κ3) is 6.32. The van der Waals surface area contributed by atoms with Gasteiger partial charge in [0.1, 0.15) is 5.75 Å². The summed E-state index contributed by atoms with van der Waals surface area (Å²) in [6.45, 7) is 3.75. The van der Waals surface area contributed by atoms with Gasteiger partial charge in [0.25, 0.3) is 0 Å². The van der Waals surface area contributed by atoms with Gasteiger partial charge in [-0.1, -0.05) is 43.9 Å². The highest BCUT2D eigenvalue weighted by atomic mass is 16.5. The predicted octanol–water partition coefficient (Wildman–Crippen LogP) is 3.67. The van der Waals surface area contributed by atoms with Crippen molar-refractivity contribution in [2.75, 3.05) is 13.2 Å². The summed E-state index contributed by atoms with van der Waals surface area (Å²) < 4.78 is 5.74. The number of ether oxygens (including phenoxy) is 1. The van der Waals surface area contributed by atoms with Crippen LogP contribution in [0, 0.1) is 6.92 Å². The van der Waals surface area contributed by atoms with Crippen molar-refractivity contribution in [1.82, 2.24) is 0 Å². The number of rotatable bonds is 9. The fourth-order valence-electron chi connectivity index (χ4n) is 1.85. The number of para-hydroxylation sites is 1. The molecule has 0 aromatic heterocycles. The molecular weight excluding hydrogens is 210 g/mol. The van der Waals surface area contributed by atoms with Gasteiger partial charge in [-0.2, -0.15) is 0 Å². The second kappa shape index (κ2) is 9.06. The van der Waals surface area contributed by atoms with Gasteiger partial charge in [0.05, 0.1) is 6.61 Å². The standard InChI is InChI=1S/C15H25NO/c1-14-10-6-7-11-15(14)17-13-9-5-3-2-4-8-12-16/h6-7,10-11H,2-5,8-9,12-13,16H2,1H3. The van der Waals surface area contributed by atoms with Gasteiger partial charge in [-0.05, 0) is 37.9 Å². The Bertz CT molecular complexity index is 299. The van der Waals surface area contributed by atoms with Crippen molar-refractivity contribution in [3.05, 3.63) is 29.8 Å². The van der Waals surface area contributed by atoms with Crippen LogP contribution in [-0.4, -0.2) is 13.2 Å². The van der Waals surface area contributed by atoms with Crippen molar-refractivity contribution < 1.29 is 4.74 Å². The number of hydrogen-bond donors (Lipinski definition) is 1. The van der Waals surface area contributed by atoms with E-state index in [2.05, 4.69) is 13.0 Å². The molecule has 1 aromatic carbocycles. The van der Waals surface area contributed by atoms with Gasteiger partial charge in [0.15, 0.2) is 0 Å². The molecule has 0 aliphatic carbocycles. The summed E-state index contributed by atoms with van der Waals surface area (Å²) in [7, 11) is 0. The summed E-state index contributed by atoms with van der Waals surface area (Å²) in [5.74, 6) is 1.02. The molecule has 0 saturated heterocycles. The van der Waals surface area contributed by atoms with Crippen LogP contribution in [0.3, 0.4) is 0 Å². The predicted molar refractivity (Wildman–Crippen MR) is 73.4 cm³/mol. The number of unbranched alkanes of at least 4 members (excludes halogenated alkanes) is 5. The summed E-state index contributed by atoms with van der Waals surface area (Å²) >= 11 is 0. The zero-order chi connectivity index (χ0) is 12.3. The van der Waals surface area contributed by atoms with Crippen molar-refractivity contribution in [3.63, 3.8) is 0 Å². The van der Waals surface area contributed by atoms with E-state index in [-0.39, 0.29) is 0 Å². The third-order valence-corrected chi connectivity index (χ3v) is 2.95. The molecular formula is C15H25NO. The molecule has 17 heavy (non-hydrogen) atoms. The average Bonchev–Trinajstić information content (AvgIpc) is 2.35. The first-order valence-corrected chi connectivity index (χ1v) is 6.73. The maximum Gasteiger partial charge on any atom is 0.122 e. The van der Waals surface area contributed by atoms with Crippen LogP contribution in [-0.2, 0) is 0 Å². The topological polar surface area (TPSA) is 35.2 Å². The Kier molecular flexibility index (Phi) is 7.48. The lowest BCUT2D eigenvalue weighted by atomic mass is 10.1. The number of hydrogen-bond acceptors (Lipinski definition) is 2. The van der Waals surface area contributed by atoms with Crippen LogP contribution >= 0.6 is 0 Å². The maximum atomic E-state index is 5.74. The number of benzene rings is 1. The number of aryl methyl sites for hydroxylation is 1. The minimum absolute atomic E-state index is 0.830. The van der Waals surface area contributed by atoms with E-state index in [0.29, 0.717) is 0 Å². The summed E-state index contributed by atoms with van der Waals surface area (Å²) in [6, 6.07) is 8.19. The van der Waals surface area contributed by atoms with E-state index in [1.54, 1.807) is 0 Å². The highest BCUT2D eigenvalue weighted by Crippen LogP contribution is 2.16. The van der Waals surface area contributed by atoms with E-state index in [1.165, 1.54) is 37.7 Å². The molecule has 0 unspecified atom stereocenters. The highest BCUT2D eigenvalue weighted by molar-refractivity contribution is 5.31. The first-order valence-electron chi connectivity index (χ1n) is 6.73. The van der Waals surface area contributed by atoms with Crippen LogP contribution in [0.2, 0.25) is 0 Å². The average molecular weight is 235 g/mol. The molecule has 96 valence electrons. The van der Waals surface area contributed by atoms with Gasteiger partial charge in [0, 0.05) is 0 Å². The SMILES string of the molecule is Cc1ccccc1OCCCCCCCCN. The maximum absolute atomic E-state index is 5.74. The quantitative estimate of drug-likeness (QED) is 0.663. The monoisotopic (exact) mass is 235 g/mol. The molecule has 2 heteroatoms. The molecule has 0 bridgehead atoms. The van der Waals surface area contributed by atoms with E-state index < -0.39 is 0 Å². The van der Waals surface area contributed by atoms with Gasteiger partial charge in [0.2, 0.25) is 0 Å².